The number of hydrogen-bond acceptors (Lipinski definition) is 6. The van der Waals surface area contributed by atoms with Gasteiger partial charge in [-0.2, -0.15) is 0 Å². The van der Waals surface area contributed by atoms with Crippen LogP contribution in [-0.4, -0.2) is 35.1 Å². The number of carbonyl (C=O) groups excluding carboxylic acids is 1. The molecule has 0 bridgehead atoms. The quantitative estimate of drug-likeness (QED) is 0.336. The first kappa shape index (κ1) is 21.6. The molecule has 0 atom stereocenters. The van der Waals surface area contributed by atoms with E-state index in [9.17, 15) is 4.79 Å². The molecule has 0 saturated carbocycles. The van der Waals surface area contributed by atoms with Crippen LogP contribution in [0.25, 0.3) is 11.1 Å². The molecule has 0 unspecified atom stereocenters. The van der Waals surface area contributed by atoms with E-state index in [1.165, 1.54) is 12.3 Å². The molecule has 8 heteroatoms. The maximum Gasteiger partial charge on any atom is 0.287 e. The smallest absolute Gasteiger partial charge is 0.287 e. The molecule has 0 spiro atoms. The Labute approximate surface area is 190 Å². The van der Waals surface area contributed by atoms with Crippen molar-refractivity contribution in [2.45, 2.75) is 6.54 Å². The number of benzene rings is 2. The molecule has 1 amide bonds. The summed E-state index contributed by atoms with van der Waals surface area (Å²) in [6, 6.07) is 23.1. The Bertz CT molecular complexity index is 1300. The third-order valence-corrected chi connectivity index (χ3v) is 4.86. The van der Waals surface area contributed by atoms with E-state index >= 15 is 0 Å². The highest BCUT2D eigenvalue weighted by Crippen LogP contribution is 2.31. The molecule has 3 N–H and O–H groups in total. The third kappa shape index (κ3) is 5.19. The number of carbonyl (C=O) groups is 1. The van der Waals surface area contributed by atoms with Gasteiger partial charge in [-0.3, -0.25) is 19.8 Å². The summed E-state index contributed by atoms with van der Waals surface area (Å²) in [7, 11) is 1.73. The highest BCUT2D eigenvalue weighted by molar-refractivity contribution is 6.09. The highest BCUT2D eigenvalue weighted by Gasteiger charge is 2.16. The number of pyridine rings is 1. The number of amidine groups is 1. The number of nitrogens with zero attached hydrogens (tertiary/aromatic N) is 4. The van der Waals surface area contributed by atoms with E-state index in [0.29, 0.717) is 23.8 Å². The molecule has 2 aromatic heterocycles. The minimum absolute atomic E-state index is 0.0254. The van der Waals surface area contributed by atoms with Gasteiger partial charge in [0.05, 0.1) is 24.1 Å². The van der Waals surface area contributed by atoms with Gasteiger partial charge in [0.2, 0.25) is 5.76 Å². The molecule has 0 aliphatic heterocycles. The van der Waals surface area contributed by atoms with Crippen LogP contribution in [0.4, 0.5) is 5.69 Å². The molecule has 2 aromatic carbocycles. The Balaban J connectivity index is 1.74. The first-order valence-electron chi connectivity index (χ1n) is 10.3. The topological polar surface area (TPSA) is 119 Å². The third-order valence-electron chi connectivity index (χ3n) is 4.86. The number of aliphatic imine (C=N–C) groups is 2. The average Bonchev–Trinajstić information content (AvgIpc) is 3.34. The van der Waals surface area contributed by atoms with Crippen molar-refractivity contribution >= 4 is 23.6 Å². The van der Waals surface area contributed by atoms with Gasteiger partial charge >= 0.3 is 0 Å². The molecule has 33 heavy (non-hydrogen) atoms. The summed E-state index contributed by atoms with van der Waals surface area (Å²) in [5.41, 5.74) is 10.0. The van der Waals surface area contributed by atoms with Crippen molar-refractivity contribution in [3.63, 3.8) is 0 Å². The van der Waals surface area contributed by atoms with Gasteiger partial charge in [0.25, 0.3) is 5.91 Å². The van der Waals surface area contributed by atoms with E-state index < -0.39 is 5.91 Å². The second-order valence-corrected chi connectivity index (χ2v) is 7.05. The van der Waals surface area contributed by atoms with Crippen LogP contribution in [0.5, 0.6) is 0 Å². The lowest BCUT2D eigenvalue weighted by atomic mass is 9.97. The Kier molecular flexibility index (Phi) is 6.65. The second-order valence-electron chi connectivity index (χ2n) is 7.05. The zero-order valence-electron chi connectivity index (χ0n) is 18.0. The first-order chi connectivity index (χ1) is 16.2. The van der Waals surface area contributed by atoms with Gasteiger partial charge < -0.3 is 15.6 Å². The normalized spacial score (nSPS) is 11.6. The number of hydrogen-bond donors (Lipinski definition) is 2. The number of amides is 1. The monoisotopic (exact) mass is 438 g/mol. The second kappa shape index (κ2) is 10.1. The van der Waals surface area contributed by atoms with Crippen molar-refractivity contribution in [3.05, 3.63) is 102 Å². The fourth-order valence-electron chi connectivity index (χ4n) is 3.31. The van der Waals surface area contributed by atoms with Gasteiger partial charge in [0.1, 0.15) is 11.5 Å². The minimum Gasteiger partial charge on any atom is -0.364 e. The SMILES string of the molecule is C/N=C(/NCc1ccccn1)c1c(/N=C/c2cc(C(N)=O)on2)cccc1-c1ccccc1. The molecule has 0 aliphatic carbocycles. The fraction of sp³-hybridized carbons (Fsp3) is 0.0800. The van der Waals surface area contributed by atoms with Crippen LogP contribution in [0, 0.1) is 0 Å². The zero-order chi connectivity index (χ0) is 23.0. The largest absolute Gasteiger partial charge is 0.364 e. The maximum atomic E-state index is 11.3. The number of primary amides is 1. The number of nitrogens with one attached hydrogen (secondary N) is 1. The lowest BCUT2D eigenvalue weighted by Crippen LogP contribution is -2.25. The summed E-state index contributed by atoms with van der Waals surface area (Å²) in [6.45, 7) is 0.505. The molecule has 8 nitrogen and oxygen atoms in total. The first-order valence-corrected chi connectivity index (χ1v) is 10.3. The summed E-state index contributed by atoms with van der Waals surface area (Å²) >= 11 is 0. The predicted octanol–water partition coefficient (Wildman–Crippen LogP) is 3.75. The van der Waals surface area contributed by atoms with Gasteiger partial charge in [0, 0.05) is 24.9 Å². The van der Waals surface area contributed by atoms with Crippen LogP contribution in [-0.2, 0) is 6.54 Å². The van der Waals surface area contributed by atoms with Crippen LogP contribution < -0.4 is 11.1 Å². The van der Waals surface area contributed by atoms with Gasteiger partial charge in [-0.1, -0.05) is 53.7 Å². The summed E-state index contributed by atoms with van der Waals surface area (Å²) in [4.78, 5) is 24.8. The Hall–Kier alpha value is -4.59. The van der Waals surface area contributed by atoms with Crippen molar-refractivity contribution in [3.8, 4) is 11.1 Å². The molecule has 0 radical (unpaired) electrons. The van der Waals surface area contributed by atoms with Crippen molar-refractivity contribution in [1.82, 2.24) is 15.5 Å². The predicted molar refractivity (Wildman–Crippen MR) is 128 cm³/mol. The number of rotatable bonds is 7. The molecule has 164 valence electrons. The molecule has 4 rings (SSSR count). The van der Waals surface area contributed by atoms with Gasteiger partial charge in [0.15, 0.2) is 0 Å². The summed E-state index contributed by atoms with van der Waals surface area (Å²) in [6.07, 6.45) is 3.28. The van der Waals surface area contributed by atoms with Gasteiger partial charge in [-0.25, -0.2) is 0 Å². The van der Waals surface area contributed by atoms with Crippen molar-refractivity contribution in [2.24, 2.45) is 15.7 Å². The van der Waals surface area contributed by atoms with E-state index in [-0.39, 0.29) is 5.76 Å². The minimum atomic E-state index is -0.687. The van der Waals surface area contributed by atoms with E-state index in [1.807, 2.05) is 66.7 Å². The molecule has 0 aliphatic rings. The summed E-state index contributed by atoms with van der Waals surface area (Å²) in [5, 5.41) is 7.21. The lowest BCUT2D eigenvalue weighted by Gasteiger charge is -2.16. The molecular weight excluding hydrogens is 416 g/mol. The van der Waals surface area contributed by atoms with E-state index in [4.69, 9.17) is 10.3 Å². The summed E-state index contributed by atoms with van der Waals surface area (Å²) in [5.74, 6) is -0.0409. The van der Waals surface area contributed by atoms with Crippen molar-refractivity contribution in [2.75, 3.05) is 7.05 Å². The van der Waals surface area contributed by atoms with Crippen molar-refractivity contribution in [1.29, 1.82) is 0 Å². The Morgan fingerprint density at radius 3 is 2.61 bits per heavy atom. The maximum absolute atomic E-state index is 11.3. The molecule has 0 saturated heterocycles. The zero-order valence-corrected chi connectivity index (χ0v) is 18.0. The lowest BCUT2D eigenvalue weighted by molar-refractivity contribution is 0.0965. The fourth-order valence-corrected chi connectivity index (χ4v) is 3.31. The van der Waals surface area contributed by atoms with Crippen LogP contribution in [0.3, 0.4) is 0 Å². The molecule has 4 aromatic rings. The molecule has 0 fully saturated rings. The summed E-state index contributed by atoms with van der Waals surface area (Å²) < 4.78 is 4.94. The van der Waals surface area contributed by atoms with Gasteiger partial charge in [-0.15, -0.1) is 0 Å². The highest BCUT2D eigenvalue weighted by atomic mass is 16.5. The molecular formula is C25H22N6O2. The number of nitrogens with two attached hydrogens (primary N) is 1. The standard InChI is InChI=1S/C25H22N6O2/c1-27-25(30-15-18-10-5-6-13-28-18)23-20(17-8-3-2-4-9-17)11-7-12-21(23)29-16-19-14-22(24(26)32)33-31-19/h2-14,16H,15H2,1H3,(H2,26,32)(H,27,30)/b29-16+. The average molecular weight is 438 g/mol. The van der Waals surface area contributed by atoms with Crippen LogP contribution >= 0.6 is 0 Å². The Morgan fingerprint density at radius 1 is 1.09 bits per heavy atom. The van der Waals surface area contributed by atoms with Crippen LogP contribution in [0.15, 0.2) is 93.5 Å². The van der Waals surface area contributed by atoms with Crippen LogP contribution in [0.2, 0.25) is 0 Å². The van der Waals surface area contributed by atoms with Crippen molar-refractivity contribution < 1.29 is 9.32 Å². The van der Waals surface area contributed by atoms with E-state index in [2.05, 4.69) is 25.4 Å². The Morgan fingerprint density at radius 2 is 1.91 bits per heavy atom. The number of aromatic nitrogens is 2. The van der Waals surface area contributed by atoms with Gasteiger partial charge in [-0.05, 0) is 29.3 Å². The molecule has 2 heterocycles. The van der Waals surface area contributed by atoms with E-state index in [1.54, 1.807) is 13.2 Å². The van der Waals surface area contributed by atoms with E-state index in [0.717, 1.165) is 22.4 Å². The van der Waals surface area contributed by atoms with Crippen LogP contribution in [0.1, 0.15) is 27.5 Å².